The maximum absolute atomic E-state index is 12.4. The second-order valence-corrected chi connectivity index (χ2v) is 6.58. The normalized spacial score (nSPS) is 21.8. The molecular weight excluding hydrogens is 316 g/mol. The monoisotopic (exact) mass is 336 g/mol. The second kappa shape index (κ2) is 6.59. The number of rotatable bonds is 5. The van der Waals surface area contributed by atoms with Crippen LogP contribution in [0.1, 0.15) is 23.5 Å². The summed E-state index contributed by atoms with van der Waals surface area (Å²) in [7, 11) is 0. The summed E-state index contributed by atoms with van der Waals surface area (Å²) >= 11 is 0. The summed E-state index contributed by atoms with van der Waals surface area (Å²) in [5.74, 6) is 0.466. The summed E-state index contributed by atoms with van der Waals surface area (Å²) in [5, 5.41) is 2.99. The van der Waals surface area contributed by atoms with E-state index in [4.69, 9.17) is 4.74 Å². The van der Waals surface area contributed by atoms with Gasteiger partial charge in [0.05, 0.1) is 6.54 Å². The second-order valence-electron chi connectivity index (χ2n) is 6.58. The van der Waals surface area contributed by atoms with Gasteiger partial charge >= 0.3 is 6.09 Å². The minimum absolute atomic E-state index is 0.0569. The number of anilines is 1. The molecule has 2 aliphatic rings. The van der Waals surface area contributed by atoms with E-state index >= 15 is 0 Å². The summed E-state index contributed by atoms with van der Waals surface area (Å²) in [6.07, 6.45) is 0.642. The molecule has 1 aliphatic carbocycles. The molecule has 1 saturated carbocycles. The van der Waals surface area contributed by atoms with Crippen LogP contribution in [0.4, 0.5) is 10.5 Å². The molecule has 2 atom stereocenters. The van der Waals surface area contributed by atoms with E-state index in [1.807, 2.05) is 42.5 Å². The standard InChI is InChI=1S/C20H20N2O3/c23-19(18-12-17(18)15-4-2-1-3-5-15)21-16-8-6-14(7-9-16)13-22-10-11-25-20(22)24/h1-9,17-18H,10-13H2,(H,21,23). The van der Waals surface area contributed by atoms with E-state index in [0.29, 0.717) is 25.6 Å². The molecule has 5 heteroatoms. The van der Waals surface area contributed by atoms with Crippen molar-refractivity contribution in [2.24, 2.45) is 5.92 Å². The summed E-state index contributed by atoms with van der Waals surface area (Å²) in [6.45, 7) is 1.61. The molecule has 2 aromatic rings. The zero-order chi connectivity index (χ0) is 17.2. The van der Waals surface area contributed by atoms with Crippen molar-refractivity contribution in [2.75, 3.05) is 18.5 Å². The van der Waals surface area contributed by atoms with Crippen molar-refractivity contribution in [2.45, 2.75) is 18.9 Å². The molecule has 128 valence electrons. The lowest BCUT2D eigenvalue weighted by molar-refractivity contribution is -0.117. The third-order valence-corrected chi connectivity index (χ3v) is 4.79. The highest BCUT2D eigenvalue weighted by Gasteiger charge is 2.43. The van der Waals surface area contributed by atoms with Crippen molar-refractivity contribution in [3.63, 3.8) is 0 Å². The molecule has 2 fully saturated rings. The van der Waals surface area contributed by atoms with Gasteiger partial charge < -0.3 is 15.0 Å². The van der Waals surface area contributed by atoms with Crippen LogP contribution in [-0.4, -0.2) is 30.1 Å². The average Bonchev–Trinajstić information content (AvgIpc) is 3.35. The highest BCUT2D eigenvalue weighted by molar-refractivity contribution is 5.95. The molecule has 25 heavy (non-hydrogen) atoms. The number of carbonyl (C=O) groups is 2. The van der Waals surface area contributed by atoms with Crippen LogP contribution in [0.5, 0.6) is 0 Å². The fraction of sp³-hybridized carbons (Fsp3) is 0.300. The first kappa shape index (κ1) is 15.7. The van der Waals surface area contributed by atoms with Crippen LogP contribution in [0.15, 0.2) is 54.6 Å². The Morgan fingerprint density at radius 1 is 1.12 bits per heavy atom. The number of cyclic esters (lactones) is 1. The molecule has 1 saturated heterocycles. The van der Waals surface area contributed by atoms with Gasteiger partial charge in [0.15, 0.2) is 0 Å². The first-order valence-electron chi connectivity index (χ1n) is 8.57. The average molecular weight is 336 g/mol. The molecule has 0 bridgehead atoms. The molecule has 1 aliphatic heterocycles. The van der Waals surface area contributed by atoms with Crippen LogP contribution in [0.3, 0.4) is 0 Å². The van der Waals surface area contributed by atoms with Gasteiger partial charge in [0.25, 0.3) is 0 Å². The fourth-order valence-electron chi connectivity index (χ4n) is 3.27. The maximum Gasteiger partial charge on any atom is 0.410 e. The quantitative estimate of drug-likeness (QED) is 0.910. The molecule has 2 unspecified atom stereocenters. The smallest absolute Gasteiger partial charge is 0.410 e. The zero-order valence-electron chi connectivity index (χ0n) is 13.9. The molecule has 1 N–H and O–H groups in total. The van der Waals surface area contributed by atoms with Crippen LogP contribution in [0.2, 0.25) is 0 Å². The predicted molar refractivity (Wildman–Crippen MR) is 94.1 cm³/mol. The fourth-order valence-corrected chi connectivity index (χ4v) is 3.27. The molecule has 0 radical (unpaired) electrons. The number of amides is 2. The highest BCUT2D eigenvalue weighted by Crippen LogP contribution is 2.47. The van der Waals surface area contributed by atoms with Crippen molar-refractivity contribution in [1.29, 1.82) is 0 Å². The Morgan fingerprint density at radius 3 is 2.56 bits per heavy atom. The number of carbonyl (C=O) groups excluding carboxylic acids is 2. The summed E-state index contributed by atoms with van der Waals surface area (Å²) in [4.78, 5) is 25.5. The minimum Gasteiger partial charge on any atom is -0.448 e. The number of hydrogen-bond donors (Lipinski definition) is 1. The van der Waals surface area contributed by atoms with Gasteiger partial charge in [-0.2, -0.15) is 0 Å². The molecule has 1 heterocycles. The van der Waals surface area contributed by atoms with Gasteiger partial charge in [0, 0.05) is 18.2 Å². The van der Waals surface area contributed by atoms with E-state index in [2.05, 4.69) is 17.4 Å². The van der Waals surface area contributed by atoms with Gasteiger partial charge in [-0.25, -0.2) is 4.79 Å². The Kier molecular flexibility index (Phi) is 4.14. The first-order valence-corrected chi connectivity index (χ1v) is 8.57. The number of ether oxygens (including phenoxy) is 1. The lowest BCUT2D eigenvalue weighted by atomic mass is 10.1. The highest BCUT2D eigenvalue weighted by atomic mass is 16.6. The Labute approximate surface area is 146 Å². The zero-order valence-corrected chi connectivity index (χ0v) is 13.9. The van der Waals surface area contributed by atoms with E-state index in [1.54, 1.807) is 4.90 Å². The van der Waals surface area contributed by atoms with Crippen LogP contribution in [-0.2, 0) is 16.1 Å². The molecule has 4 rings (SSSR count). The SMILES string of the molecule is O=C(Nc1ccc(CN2CCOC2=O)cc1)C1CC1c1ccccc1. The summed E-state index contributed by atoms with van der Waals surface area (Å²) < 4.78 is 4.92. The van der Waals surface area contributed by atoms with Crippen LogP contribution in [0, 0.1) is 5.92 Å². The van der Waals surface area contributed by atoms with Crippen molar-refractivity contribution in [3.05, 3.63) is 65.7 Å². The van der Waals surface area contributed by atoms with Gasteiger partial charge in [0.1, 0.15) is 6.61 Å². The molecule has 0 aromatic heterocycles. The predicted octanol–water partition coefficient (Wildman–Crippen LogP) is 3.38. The molecule has 0 spiro atoms. The van der Waals surface area contributed by atoms with E-state index in [1.165, 1.54) is 5.56 Å². The van der Waals surface area contributed by atoms with Crippen molar-refractivity contribution < 1.29 is 14.3 Å². The molecule has 2 amide bonds. The lowest BCUT2D eigenvalue weighted by Crippen LogP contribution is -2.23. The minimum atomic E-state index is -0.266. The van der Waals surface area contributed by atoms with Gasteiger partial charge in [0.2, 0.25) is 5.91 Å². The number of benzene rings is 2. The van der Waals surface area contributed by atoms with Crippen molar-refractivity contribution in [1.82, 2.24) is 4.90 Å². The van der Waals surface area contributed by atoms with Gasteiger partial charge in [-0.1, -0.05) is 42.5 Å². The first-order chi connectivity index (χ1) is 12.2. The van der Waals surface area contributed by atoms with Crippen molar-refractivity contribution >= 4 is 17.7 Å². The van der Waals surface area contributed by atoms with Gasteiger partial charge in [-0.3, -0.25) is 4.79 Å². The Hall–Kier alpha value is -2.82. The van der Waals surface area contributed by atoms with Gasteiger partial charge in [-0.15, -0.1) is 0 Å². The number of nitrogens with one attached hydrogen (secondary N) is 1. The van der Waals surface area contributed by atoms with Crippen LogP contribution >= 0.6 is 0 Å². The Morgan fingerprint density at radius 2 is 1.88 bits per heavy atom. The largest absolute Gasteiger partial charge is 0.448 e. The summed E-state index contributed by atoms with van der Waals surface area (Å²) in [5.41, 5.74) is 3.04. The van der Waals surface area contributed by atoms with Crippen LogP contribution < -0.4 is 5.32 Å². The van der Waals surface area contributed by atoms with E-state index in [0.717, 1.165) is 17.7 Å². The maximum atomic E-state index is 12.4. The van der Waals surface area contributed by atoms with Gasteiger partial charge in [-0.05, 0) is 35.6 Å². The van der Waals surface area contributed by atoms with Crippen molar-refractivity contribution in [3.8, 4) is 0 Å². The number of hydrogen-bond acceptors (Lipinski definition) is 3. The number of nitrogens with zero attached hydrogens (tertiary/aromatic N) is 1. The molecule has 5 nitrogen and oxygen atoms in total. The topological polar surface area (TPSA) is 58.6 Å². The molecule has 2 aromatic carbocycles. The Balaban J connectivity index is 1.32. The third kappa shape index (κ3) is 3.50. The molecular formula is C20H20N2O3. The van der Waals surface area contributed by atoms with Crippen LogP contribution in [0.25, 0.3) is 0 Å². The lowest BCUT2D eigenvalue weighted by Gasteiger charge is -2.13. The van der Waals surface area contributed by atoms with E-state index in [-0.39, 0.29) is 17.9 Å². The summed E-state index contributed by atoms with van der Waals surface area (Å²) in [6, 6.07) is 17.8. The Bertz CT molecular complexity index is 773. The third-order valence-electron chi connectivity index (χ3n) is 4.79. The van der Waals surface area contributed by atoms with E-state index < -0.39 is 0 Å². The van der Waals surface area contributed by atoms with E-state index in [9.17, 15) is 9.59 Å².